The van der Waals surface area contributed by atoms with Crippen molar-refractivity contribution >= 4 is 0 Å². The second-order valence-corrected chi connectivity index (χ2v) is 5.40. The van der Waals surface area contributed by atoms with Gasteiger partial charge in [0, 0.05) is 32.8 Å². The number of rotatable bonds is 8. The minimum atomic E-state index is 0.419. The summed E-state index contributed by atoms with van der Waals surface area (Å²) in [6.07, 6.45) is 5.99. The maximum atomic E-state index is 6.05. The first-order valence-corrected chi connectivity index (χ1v) is 6.84. The molecule has 0 aromatic rings. The molecule has 2 atom stereocenters. The van der Waals surface area contributed by atoms with Crippen LogP contribution in [0.1, 0.15) is 25.7 Å². The number of nitrogens with one attached hydrogen (secondary N) is 1. The summed E-state index contributed by atoms with van der Waals surface area (Å²) < 4.78 is 11.1. The van der Waals surface area contributed by atoms with E-state index < -0.39 is 0 Å². The van der Waals surface area contributed by atoms with Crippen molar-refractivity contribution in [2.75, 3.05) is 40.4 Å². The van der Waals surface area contributed by atoms with E-state index in [9.17, 15) is 0 Å². The number of ether oxygens (including phenoxy) is 2. The lowest BCUT2D eigenvalue weighted by molar-refractivity contribution is 0.0240. The lowest BCUT2D eigenvalue weighted by Crippen LogP contribution is -2.33. The molecule has 2 fully saturated rings. The number of hydrogen-bond acceptors (Lipinski definition) is 4. The van der Waals surface area contributed by atoms with E-state index in [-0.39, 0.29) is 0 Å². The first-order valence-electron chi connectivity index (χ1n) is 6.84. The van der Waals surface area contributed by atoms with Crippen LogP contribution in [0.3, 0.4) is 0 Å². The summed E-state index contributed by atoms with van der Waals surface area (Å²) in [6.45, 7) is 3.86. The zero-order valence-electron chi connectivity index (χ0n) is 11.2. The molecule has 2 rings (SSSR count). The largest absolute Gasteiger partial charge is 0.383 e. The molecule has 100 valence electrons. The predicted octanol–water partition coefficient (Wildman–Crippen LogP) is 0.864. The smallest absolute Gasteiger partial charge is 0.0707 e. The molecule has 0 bridgehead atoms. The molecule has 0 spiro atoms. The predicted molar refractivity (Wildman–Crippen MR) is 68.3 cm³/mol. The molecule has 17 heavy (non-hydrogen) atoms. The van der Waals surface area contributed by atoms with Crippen LogP contribution in [-0.2, 0) is 9.47 Å². The van der Waals surface area contributed by atoms with Gasteiger partial charge in [0.05, 0.1) is 18.8 Å². The van der Waals surface area contributed by atoms with E-state index in [0.717, 1.165) is 32.3 Å². The quantitative estimate of drug-likeness (QED) is 0.684. The fraction of sp³-hybridized carbons (Fsp3) is 1.00. The zero-order chi connectivity index (χ0) is 12.1. The molecule has 1 saturated heterocycles. The van der Waals surface area contributed by atoms with E-state index in [1.54, 1.807) is 7.11 Å². The summed E-state index contributed by atoms with van der Waals surface area (Å²) in [5, 5.41) is 3.55. The van der Waals surface area contributed by atoms with Crippen LogP contribution in [0.5, 0.6) is 0 Å². The zero-order valence-corrected chi connectivity index (χ0v) is 11.2. The first-order chi connectivity index (χ1) is 8.28. The lowest BCUT2D eigenvalue weighted by atomic mass is 10.2. The number of methoxy groups -OCH3 is 1. The van der Waals surface area contributed by atoms with Crippen LogP contribution in [-0.4, -0.2) is 63.5 Å². The van der Waals surface area contributed by atoms with Crippen LogP contribution in [0, 0.1) is 0 Å². The Morgan fingerprint density at radius 1 is 1.24 bits per heavy atom. The van der Waals surface area contributed by atoms with E-state index in [1.807, 2.05) is 0 Å². The molecular weight excluding hydrogens is 216 g/mol. The maximum Gasteiger partial charge on any atom is 0.0707 e. The molecule has 1 N–H and O–H groups in total. The maximum absolute atomic E-state index is 6.05. The highest BCUT2D eigenvalue weighted by Gasteiger charge is 2.28. The topological polar surface area (TPSA) is 33.7 Å². The summed E-state index contributed by atoms with van der Waals surface area (Å²) >= 11 is 0. The second-order valence-electron chi connectivity index (χ2n) is 5.40. The van der Waals surface area contributed by atoms with Gasteiger partial charge in [0.2, 0.25) is 0 Å². The molecule has 0 aromatic carbocycles. The van der Waals surface area contributed by atoms with Crippen molar-refractivity contribution in [2.45, 2.75) is 43.9 Å². The molecule has 1 heterocycles. The third kappa shape index (κ3) is 4.92. The van der Waals surface area contributed by atoms with E-state index >= 15 is 0 Å². The van der Waals surface area contributed by atoms with Crippen molar-refractivity contribution in [1.82, 2.24) is 10.2 Å². The average Bonchev–Trinajstić information content (AvgIpc) is 3.05. The van der Waals surface area contributed by atoms with Crippen molar-refractivity contribution in [3.05, 3.63) is 0 Å². The molecular formula is C13H26N2O2. The van der Waals surface area contributed by atoms with E-state index in [0.29, 0.717) is 12.2 Å². The van der Waals surface area contributed by atoms with Gasteiger partial charge in [-0.15, -0.1) is 0 Å². The van der Waals surface area contributed by atoms with Crippen molar-refractivity contribution in [1.29, 1.82) is 0 Å². The van der Waals surface area contributed by atoms with Crippen LogP contribution in [0.2, 0.25) is 0 Å². The van der Waals surface area contributed by atoms with Crippen molar-refractivity contribution < 1.29 is 9.47 Å². The highest BCUT2D eigenvalue weighted by Crippen LogP contribution is 2.22. The van der Waals surface area contributed by atoms with Crippen molar-refractivity contribution in [2.24, 2.45) is 0 Å². The molecule has 1 aliphatic carbocycles. The highest BCUT2D eigenvalue weighted by molar-refractivity contribution is 4.84. The average molecular weight is 242 g/mol. The highest BCUT2D eigenvalue weighted by atomic mass is 16.5. The minimum absolute atomic E-state index is 0.419. The summed E-state index contributed by atoms with van der Waals surface area (Å²) in [5.41, 5.74) is 0. The second kappa shape index (κ2) is 6.69. The summed E-state index contributed by atoms with van der Waals surface area (Å²) in [4.78, 5) is 2.30. The first kappa shape index (κ1) is 13.3. The Bertz CT molecular complexity index is 221. The molecule has 0 radical (unpaired) electrons. The standard InChI is InChI=1S/C13H26N2O2/c1-15(7-8-16-2)10-13-6-5-12(17-13)9-14-11-3-4-11/h11-14H,3-10H2,1-2H3. The van der Waals surface area contributed by atoms with Gasteiger partial charge in [-0.2, -0.15) is 0 Å². The van der Waals surface area contributed by atoms with Gasteiger partial charge in [-0.3, -0.25) is 0 Å². The minimum Gasteiger partial charge on any atom is -0.383 e. The van der Waals surface area contributed by atoms with Gasteiger partial charge < -0.3 is 19.7 Å². The van der Waals surface area contributed by atoms with Crippen LogP contribution in [0.15, 0.2) is 0 Å². The monoisotopic (exact) mass is 242 g/mol. The molecule has 4 heteroatoms. The van der Waals surface area contributed by atoms with E-state index in [4.69, 9.17) is 9.47 Å². The summed E-state index contributed by atoms with van der Waals surface area (Å²) in [5.74, 6) is 0. The van der Waals surface area contributed by atoms with Gasteiger partial charge in [0.1, 0.15) is 0 Å². The van der Waals surface area contributed by atoms with E-state index in [1.165, 1.54) is 25.7 Å². The summed E-state index contributed by atoms with van der Waals surface area (Å²) in [6, 6.07) is 0.794. The Balaban J connectivity index is 1.56. The Kier molecular flexibility index (Phi) is 5.22. The van der Waals surface area contributed by atoms with E-state index in [2.05, 4.69) is 17.3 Å². The normalized spacial score (nSPS) is 29.1. The Hall–Kier alpha value is -0.160. The molecule has 0 aromatic heterocycles. The van der Waals surface area contributed by atoms with Crippen LogP contribution >= 0.6 is 0 Å². The molecule has 4 nitrogen and oxygen atoms in total. The van der Waals surface area contributed by atoms with Gasteiger partial charge in [-0.25, -0.2) is 0 Å². The molecule has 1 saturated carbocycles. The third-order valence-corrected chi connectivity index (χ3v) is 3.60. The number of hydrogen-bond donors (Lipinski definition) is 1. The van der Waals surface area contributed by atoms with Crippen molar-refractivity contribution in [3.8, 4) is 0 Å². The lowest BCUT2D eigenvalue weighted by Gasteiger charge is -2.21. The van der Waals surface area contributed by atoms with Gasteiger partial charge in [0.25, 0.3) is 0 Å². The molecule has 2 aliphatic rings. The van der Waals surface area contributed by atoms with Crippen molar-refractivity contribution in [3.63, 3.8) is 0 Å². The van der Waals surface area contributed by atoms with Crippen LogP contribution in [0.25, 0.3) is 0 Å². The Labute approximate surface area is 105 Å². The fourth-order valence-corrected chi connectivity index (χ4v) is 2.34. The fourth-order valence-electron chi connectivity index (χ4n) is 2.34. The Morgan fingerprint density at radius 3 is 2.71 bits per heavy atom. The third-order valence-electron chi connectivity index (χ3n) is 3.60. The SMILES string of the molecule is COCCN(C)CC1CCC(CNC2CC2)O1. The Morgan fingerprint density at radius 2 is 2.00 bits per heavy atom. The van der Waals surface area contributed by atoms with Gasteiger partial charge >= 0.3 is 0 Å². The van der Waals surface area contributed by atoms with Crippen LogP contribution in [0.4, 0.5) is 0 Å². The van der Waals surface area contributed by atoms with Crippen LogP contribution < -0.4 is 5.32 Å². The number of nitrogens with zero attached hydrogens (tertiary/aromatic N) is 1. The number of likely N-dealkylation sites (N-methyl/N-ethyl adjacent to an activating group) is 1. The summed E-state index contributed by atoms with van der Waals surface area (Å²) in [7, 11) is 3.89. The molecule has 0 amide bonds. The van der Waals surface area contributed by atoms with Gasteiger partial charge in [0.15, 0.2) is 0 Å². The molecule has 1 aliphatic heterocycles. The molecule has 2 unspecified atom stereocenters. The van der Waals surface area contributed by atoms with Gasteiger partial charge in [-0.05, 0) is 32.7 Å². The van der Waals surface area contributed by atoms with Gasteiger partial charge in [-0.1, -0.05) is 0 Å².